The molecule has 57 heavy (non-hydrogen) atoms. The quantitative estimate of drug-likeness (QED) is 0.103. The topological polar surface area (TPSA) is 145 Å². The highest BCUT2D eigenvalue weighted by Crippen LogP contribution is 2.33. The van der Waals surface area contributed by atoms with Crippen LogP contribution in [0.25, 0.3) is 21.8 Å². The fraction of sp³-hybridized carbons (Fsp3) is 0.267. The first-order valence-corrected chi connectivity index (χ1v) is 19.0. The minimum absolute atomic E-state index is 0.0827. The first kappa shape index (κ1) is 42.4. The molecular weight excluding hydrogens is 767 g/mol. The van der Waals surface area contributed by atoms with E-state index in [2.05, 4.69) is 4.98 Å². The van der Waals surface area contributed by atoms with E-state index in [0.29, 0.717) is 49.8 Å². The van der Waals surface area contributed by atoms with Crippen LogP contribution in [0.3, 0.4) is 0 Å². The van der Waals surface area contributed by atoms with Gasteiger partial charge in [-0.05, 0) is 130 Å². The Morgan fingerprint density at radius 2 is 1.32 bits per heavy atom. The smallest absolute Gasteiger partial charge is 0.419 e. The Morgan fingerprint density at radius 1 is 0.772 bits per heavy atom. The maximum atomic E-state index is 13.7. The van der Waals surface area contributed by atoms with Crippen molar-refractivity contribution in [1.29, 1.82) is 0 Å². The van der Waals surface area contributed by atoms with Crippen molar-refractivity contribution in [2.75, 3.05) is 7.11 Å². The van der Waals surface area contributed by atoms with E-state index in [-0.39, 0.29) is 30.3 Å². The number of nitrogens with zero attached hydrogens (tertiary/aromatic N) is 1. The van der Waals surface area contributed by atoms with Gasteiger partial charge in [-0.2, -0.15) is 0 Å². The molecule has 12 heteroatoms. The van der Waals surface area contributed by atoms with Crippen molar-refractivity contribution < 1.29 is 38.6 Å². The van der Waals surface area contributed by atoms with Gasteiger partial charge in [-0.3, -0.25) is 19.2 Å². The number of H-pyrrole nitrogens is 1. The molecule has 2 aromatic heterocycles. The van der Waals surface area contributed by atoms with Gasteiger partial charge in [0.15, 0.2) is 0 Å². The number of carboxylic acids is 1. The molecule has 0 bridgehead atoms. The van der Waals surface area contributed by atoms with Crippen LogP contribution < -0.4 is 0 Å². The lowest BCUT2D eigenvalue weighted by molar-refractivity contribution is -0.141. The molecule has 0 spiro atoms. The number of ketones is 2. The van der Waals surface area contributed by atoms with Crippen LogP contribution in [0.1, 0.15) is 88.5 Å². The summed E-state index contributed by atoms with van der Waals surface area (Å²) < 4.78 is 11.6. The molecule has 0 aliphatic heterocycles. The highest BCUT2D eigenvalue weighted by Gasteiger charge is 2.31. The summed E-state index contributed by atoms with van der Waals surface area (Å²) in [4.78, 5) is 66.3. The van der Waals surface area contributed by atoms with Crippen LogP contribution in [0.15, 0.2) is 84.9 Å². The second-order valence-corrected chi connectivity index (χ2v) is 15.8. The van der Waals surface area contributed by atoms with Crippen LogP contribution in [-0.2, 0) is 31.9 Å². The molecule has 0 amide bonds. The van der Waals surface area contributed by atoms with Gasteiger partial charge in [0.1, 0.15) is 11.3 Å². The van der Waals surface area contributed by atoms with Gasteiger partial charge in [0.25, 0.3) is 0 Å². The van der Waals surface area contributed by atoms with Gasteiger partial charge in [0.2, 0.25) is 11.6 Å². The number of hydrogen-bond donors (Lipinski definition) is 2. The summed E-state index contributed by atoms with van der Waals surface area (Å²) >= 11 is 11.9. The number of carbonyl (C=O) groups is 5. The number of fused-ring (bicyclic) bond motifs is 2. The summed E-state index contributed by atoms with van der Waals surface area (Å²) in [6.45, 7) is 10.7. The molecule has 0 aliphatic carbocycles. The van der Waals surface area contributed by atoms with Gasteiger partial charge in [0.05, 0.1) is 24.2 Å². The van der Waals surface area contributed by atoms with Crippen molar-refractivity contribution in [3.05, 3.63) is 140 Å². The molecular formula is C45H44Cl2N2O8. The summed E-state index contributed by atoms with van der Waals surface area (Å²) in [5.74, 6) is -2.57. The second kappa shape index (κ2) is 17.6. The van der Waals surface area contributed by atoms with Gasteiger partial charge < -0.3 is 19.6 Å². The Balaban J connectivity index is 0.000000224. The number of aromatic amines is 1. The third-order valence-corrected chi connectivity index (χ3v) is 9.76. The predicted octanol–water partition coefficient (Wildman–Crippen LogP) is 10.3. The third kappa shape index (κ3) is 10.0. The van der Waals surface area contributed by atoms with Crippen LogP contribution >= 0.6 is 23.2 Å². The van der Waals surface area contributed by atoms with E-state index in [0.717, 1.165) is 27.6 Å². The Morgan fingerprint density at radius 3 is 1.86 bits per heavy atom. The molecule has 6 aromatic rings. The highest BCUT2D eigenvalue weighted by molar-refractivity contribution is 6.31. The number of aryl methyl sites for hydroxylation is 3. The molecule has 1 atom stereocenters. The molecule has 296 valence electrons. The SMILES string of the molecule is COC(=O)CCc1c(C(=O)c2ccc(Cl)cc2)[nH]c2cc(C)ccc12.Cc1ccc2c(CC(C)C(=O)O)c(C(=O)c3ccc(Cl)cc3)n(C(=O)OC(C)(C)C)c2c1. The number of carbonyl (C=O) groups excluding carboxylic acids is 4. The molecule has 0 saturated heterocycles. The van der Waals surface area contributed by atoms with E-state index >= 15 is 0 Å². The van der Waals surface area contributed by atoms with Crippen LogP contribution in [0.2, 0.25) is 10.0 Å². The summed E-state index contributed by atoms with van der Waals surface area (Å²) in [6.07, 6.45) is 0.0433. The molecule has 0 radical (unpaired) electrons. The predicted molar refractivity (Wildman–Crippen MR) is 222 cm³/mol. The number of benzene rings is 4. The lowest BCUT2D eigenvalue weighted by Crippen LogP contribution is -2.29. The summed E-state index contributed by atoms with van der Waals surface area (Å²) in [5.41, 5.74) is 5.42. The Bertz CT molecular complexity index is 2490. The number of rotatable bonds is 10. The third-order valence-electron chi connectivity index (χ3n) is 9.26. The molecule has 0 fully saturated rings. The lowest BCUT2D eigenvalue weighted by atomic mass is 9.95. The average Bonchev–Trinajstić information content (AvgIpc) is 3.67. The monoisotopic (exact) mass is 810 g/mol. The summed E-state index contributed by atoms with van der Waals surface area (Å²) in [6, 6.07) is 24.6. The van der Waals surface area contributed by atoms with Crippen molar-refractivity contribution >= 4 is 74.6 Å². The minimum atomic E-state index is -0.986. The van der Waals surface area contributed by atoms with Gasteiger partial charge >= 0.3 is 18.0 Å². The molecule has 1 unspecified atom stereocenters. The highest BCUT2D eigenvalue weighted by atomic mass is 35.5. The number of carboxylic acid groups (broad SMARTS) is 1. The molecule has 2 heterocycles. The number of ether oxygens (including phenoxy) is 2. The van der Waals surface area contributed by atoms with E-state index in [1.807, 2.05) is 44.2 Å². The number of nitrogens with one attached hydrogen (secondary N) is 1. The lowest BCUT2D eigenvalue weighted by Gasteiger charge is -2.21. The normalized spacial score (nSPS) is 11.8. The molecule has 10 nitrogen and oxygen atoms in total. The first-order valence-electron chi connectivity index (χ1n) is 18.3. The fourth-order valence-electron chi connectivity index (χ4n) is 6.44. The van der Waals surface area contributed by atoms with Crippen molar-refractivity contribution in [2.24, 2.45) is 5.92 Å². The van der Waals surface area contributed by atoms with Crippen molar-refractivity contribution in [3.63, 3.8) is 0 Å². The zero-order valence-corrected chi connectivity index (χ0v) is 34.3. The molecule has 2 N–H and O–H groups in total. The molecule has 4 aromatic carbocycles. The second-order valence-electron chi connectivity index (χ2n) is 14.9. The Kier molecular flexibility index (Phi) is 13.1. The van der Waals surface area contributed by atoms with Crippen LogP contribution in [-0.4, -0.2) is 57.0 Å². The zero-order chi connectivity index (χ0) is 41.8. The molecule has 6 rings (SSSR count). The van der Waals surface area contributed by atoms with Gasteiger partial charge in [-0.1, -0.05) is 54.4 Å². The fourth-order valence-corrected chi connectivity index (χ4v) is 6.69. The first-order chi connectivity index (χ1) is 26.9. The van der Waals surface area contributed by atoms with Gasteiger partial charge in [-0.25, -0.2) is 9.36 Å². The number of hydrogen-bond acceptors (Lipinski definition) is 7. The Hall–Kier alpha value is -5.71. The van der Waals surface area contributed by atoms with Crippen molar-refractivity contribution in [2.45, 2.75) is 66.4 Å². The minimum Gasteiger partial charge on any atom is -0.481 e. The van der Waals surface area contributed by atoms with Crippen LogP contribution in [0.4, 0.5) is 4.79 Å². The van der Waals surface area contributed by atoms with Crippen molar-refractivity contribution in [3.8, 4) is 0 Å². The number of aromatic nitrogens is 2. The number of methoxy groups -OCH3 is 1. The van der Waals surface area contributed by atoms with E-state index < -0.39 is 29.4 Å². The average molecular weight is 812 g/mol. The zero-order valence-electron chi connectivity index (χ0n) is 32.8. The van der Waals surface area contributed by atoms with E-state index in [9.17, 15) is 29.1 Å². The van der Waals surface area contributed by atoms with Gasteiger partial charge in [-0.15, -0.1) is 0 Å². The number of aliphatic carboxylic acids is 1. The van der Waals surface area contributed by atoms with E-state index in [4.69, 9.17) is 32.7 Å². The largest absolute Gasteiger partial charge is 0.481 e. The van der Waals surface area contributed by atoms with Gasteiger partial charge in [0, 0.05) is 43.9 Å². The Labute approximate surface area is 340 Å². The summed E-state index contributed by atoms with van der Waals surface area (Å²) in [7, 11) is 1.36. The number of esters is 1. The standard InChI is InChI=1S/C25H26ClNO5.C20H18ClNO3/c1-14-6-11-18-19(13-15(2)23(29)30)21(22(28)16-7-9-17(26)10-8-16)27(20(18)12-14)24(31)32-25(3,4)5;1-12-3-8-15-16(9-10-18(23)25-2)19(22-17(15)11-12)20(24)13-4-6-14(21)7-5-13/h6-12,15H,13H2,1-5H3,(H,29,30);3-8,11,22H,9-10H2,1-2H3. The summed E-state index contributed by atoms with van der Waals surface area (Å²) in [5, 5.41) is 12.2. The van der Waals surface area contributed by atoms with Crippen LogP contribution in [0, 0.1) is 19.8 Å². The maximum absolute atomic E-state index is 13.7. The molecule has 0 saturated carbocycles. The van der Waals surface area contributed by atoms with Crippen molar-refractivity contribution in [1.82, 2.24) is 9.55 Å². The maximum Gasteiger partial charge on any atom is 0.419 e. The number of halogens is 2. The molecule has 0 aliphatic rings. The van der Waals surface area contributed by atoms with Crippen LogP contribution in [0.5, 0.6) is 0 Å². The van der Waals surface area contributed by atoms with E-state index in [1.165, 1.54) is 11.7 Å². The van der Waals surface area contributed by atoms with E-state index in [1.54, 1.807) is 82.3 Å².